The zero-order valence-electron chi connectivity index (χ0n) is 20.7. The van der Waals surface area contributed by atoms with Gasteiger partial charge in [0.15, 0.2) is 0 Å². The minimum Gasteiger partial charge on any atom is -0.321 e. The van der Waals surface area contributed by atoms with E-state index in [1.807, 2.05) is 0 Å². The number of carbonyl (C=O) groups is 1. The molecule has 0 aliphatic carbocycles. The molecule has 5 aromatic rings. The van der Waals surface area contributed by atoms with E-state index in [0.29, 0.717) is 39.3 Å². The molecule has 4 aromatic carbocycles. The maximum absolute atomic E-state index is 13.5. The fourth-order valence-corrected chi connectivity index (χ4v) is 6.85. The average molecular weight is 636 g/mol. The van der Waals surface area contributed by atoms with E-state index in [0.717, 1.165) is 10.0 Å². The molecule has 8 nitrogen and oxygen atoms in total. The summed E-state index contributed by atoms with van der Waals surface area (Å²) in [5.74, 6) is -0.234. The average Bonchev–Trinajstić information content (AvgIpc) is 3.38. The fourth-order valence-electron chi connectivity index (χ4n) is 4.74. The SMILES string of the molecule is O=C(Nc1ccc(Br)cc1-c1nc2ccccc2c(=O)[nH]1)c1cccc(S(=O)(=O)N2CCc3cc(Cl)ccc32)c1. The minimum atomic E-state index is -3.92. The number of benzene rings is 4. The van der Waals surface area contributed by atoms with Gasteiger partial charge in [-0.2, -0.15) is 0 Å². The van der Waals surface area contributed by atoms with Gasteiger partial charge in [-0.1, -0.05) is 45.7 Å². The second-order valence-electron chi connectivity index (χ2n) is 9.20. The Hall–Kier alpha value is -3.99. The van der Waals surface area contributed by atoms with Gasteiger partial charge in [-0.3, -0.25) is 13.9 Å². The quantitative estimate of drug-likeness (QED) is 0.246. The number of fused-ring (bicyclic) bond motifs is 2. The first-order valence-corrected chi connectivity index (χ1v) is 14.8. The van der Waals surface area contributed by atoms with Crippen molar-refractivity contribution in [2.75, 3.05) is 16.2 Å². The van der Waals surface area contributed by atoms with Crippen molar-refractivity contribution >= 4 is 65.7 Å². The van der Waals surface area contributed by atoms with Gasteiger partial charge in [0.2, 0.25) is 0 Å². The van der Waals surface area contributed by atoms with Gasteiger partial charge < -0.3 is 10.3 Å². The Balaban J connectivity index is 1.33. The summed E-state index contributed by atoms with van der Waals surface area (Å²) < 4.78 is 29.1. The third-order valence-corrected chi connectivity index (χ3v) is 9.21. The second kappa shape index (κ2) is 10.2. The lowest BCUT2D eigenvalue weighted by atomic mass is 10.1. The van der Waals surface area contributed by atoms with Crippen molar-refractivity contribution in [2.24, 2.45) is 0 Å². The van der Waals surface area contributed by atoms with Gasteiger partial charge in [0.25, 0.3) is 21.5 Å². The van der Waals surface area contributed by atoms with Crippen molar-refractivity contribution in [1.82, 2.24) is 9.97 Å². The van der Waals surface area contributed by atoms with E-state index in [4.69, 9.17) is 11.6 Å². The lowest BCUT2D eigenvalue weighted by Crippen LogP contribution is -2.29. The van der Waals surface area contributed by atoms with Crippen molar-refractivity contribution in [3.63, 3.8) is 0 Å². The molecule has 0 spiro atoms. The first kappa shape index (κ1) is 26.2. The van der Waals surface area contributed by atoms with Crippen molar-refractivity contribution < 1.29 is 13.2 Å². The zero-order valence-corrected chi connectivity index (χ0v) is 23.8. The molecule has 1 aromatic heterocycles. The molecule has 1 aliphatic heterocycles. The highest BCUT2D eigenvalue weighted by Gasteiger charge is 2.31. The van der Waals surface area contributed by atoms with E-state index >= 15 is 0 Å². The standard InChI is InChI=1S/C29H20BrClN4O4S/c30-19-8-10-25(23(16-19)27-32-24-7-2-1-6-22(24)29(37)34-27)33-28(36)18-4-3-5-21(15-18)40(38,39)35-13-12-17-14-20(31)9-11-26(17)35/h1-11,14-16H,12-13H2,(H,33,36)(H,32,34,37). The first-order chi connectivity index (χ1) is 19.2. The summed E-state index contributed by atoms with van der Waals surface area (Å²) in [5.41, 5.74) is 2.68. The number of halogens is 2. The van der Waals surface area contributed by atoms with E-state index in [-0.39, 0.29) is 28.4 Å². The molecule has 6 rings (SSSR count). The van der Waals surface area contributed by atoms with Crippen LogP contribution in [0.5, 0.6) is 0 Å². The van der Waals surface area contributed by atoms with Crippen LogP contribution in [-0.2, 0) is 16.4 Å². The van der Waals surface area contributed by atoms with Gasteiger partial charge in [0.05, 0.1) is 27.2 Å². The number of sulfonamides is 1. The Bertz CT molecular complexity index is 1990. The van der Waals surface area contributed by atoms with E-state index in [1.54, 1.807) is 66.7 Å². The van der Waals surface area contributed by atoms with Crippen molar-refractivity contribution in [3.05, 3.63) is 116 Å². The topological polar surface area (TPSA) is 112 Å². The predicted octanol–water partition coefficient (Wildman–Crippen LogP) is 6.01. The zero-order chi connectivity index (χ0) is 28.0. The Morgan fingerprint density at radius 1 is 1.00 bits per heavy atom. The van der Waals surface area contributed by atoms with Crippen molar-refractivity contribution in [3.8, 4) is 11.4 Å². The van der Waals surface area contributed by atoms with Crippen molar-refractivity contribution in [2.45, 2.75) is 11.3 Å². The van der Waals surface area contributed by atoms with Crippen LogP contribution in [0.15, 0.2) is 99.1 Å². The maximum atomic E-state index is 13.5. The first-order valence-electron chi connectivity index (χ1n) is 12.2. The van der Waals surface area contributed by atoms with E-state index < -0.39 is 15.9 Å². The lowest BCUT2D eigenvalue weighted by Gasteiger charge is -2.20. The highest BCUT2D eigenvalue weighted by Crippen LogP contribution is 2.35. The number of H-pyrrole nitrogens is 1. The molecule has 40 heavy (non-hydrogen) atoms. The second-order valence-corrected chi connectivity index (χ2v) is 12.4. The molecule has 0 radical (unpaired) electrons. The molecule has 0 unspecified atom stereocenters. The van der Waals surface area contributed by atoms with Crippen LogP contribution in [0.25, 0.3) is 22.3 Å². The van der Waals surface area contributed by atoms with Gasteiger partial charge in [-0.25, -0.2) is 13.4 Å². The van der Waals surface area contributed by atoms with Gasteiger partial charge in [-0.15, -0.1) is 0 Å². The molecule has 0 atom stereocenters. The van der Waals surface area contributed by atoms with Gasteiger partial charge >= 0.3 is 0 Å². The lowest BCUT2D eigenvalue weighted by molar-refractivity contribution is 0.102. The number of rotatable bonds is 5. The number of hydrogen-bond donors (Lipinski definition) is 2. The number of aromatic amines is 1. The number of amides is 1. The number of nitrogens with zero attached hydrogens (tertiary/aromatic N) is 2. The molecule has 0 saturated heterocycles. The molecule has 2 N–H and O–H groups in total. The predicted molar refractivity (Wildman–Crippen MR) is 160 cm³/mol. The van der Waals surface area contributed by atoms with Gasteiger partial charge in [-0.05, 0) is 78.7 Å². The number of carbonyl (C=O) groups excluding carboxylic acids is 1. The van der Waals surface area contributed by atoms with Crippen LogP contribution in [0.1, 0.15) is 15.9 Å². The van der Waals surface area contributed by atoms with Crippen LogP contribution in [-0.4, -0.2) is 30.8 Å². The Labute approximate surface area is 242 Å². The maximum Gasteiger partial charge on any atom is 0.264 e. The highest BCUT2D eigenvalue weighted by atomic mass is 79.9. The highest BCUT2D eigenvalue weighted by molar-refractivity contribution is 9.10. The molecule has 1 amide bonds. The van der Waals surface area contributed by atoms with Gasteiger partial charge in [0, 0.05) is 27.2 Å². The van der Waals surface area contributed by atoms with Crippen LogP contribution >= 0.6 is 27.5 Å². The fraction of sp³-hybridized carbons (Fsp3) is 0.0690. The van der Waals surface area contributed by atoms with E-state index in [2.05, 4.69) is 31.2 Å². The minimum absolute atomic E-state index is 0.000458. The number of hydrogen-bond acceptors (Lipinski definition) is 5. The Morgan fingerprint density at radius 3 is 2.67 bits per heavy atom. The molecule has 0 saturated carbocycles. The summed E-state index contributed by atoms with van der Waals surface area (Å²) >= 11 is 9.52. The summed E-state index contributed by atoms with van der Waals surface area (Å²) in [6.45, 7) is 0.285. The third-order valence-electron chi connectivity index (χ3n) is 6.68. The molecule has 0 bridgehead atoms. The normalized spacial score (nSPS) is 12.9. The summed E-state index contributed by atoms with van der Waals surface area (Å²) in [6, 6.07) is 23.2. The largest absolute Gasteiger partial charge is 0.321 e. The summed E-state index contributed by atoms with van der Waals surface area (Å²) in [5, 5.41) is 3.85. The monoisotopic (exact) mass is 634 g/mol. The van der Waals surface area contributed by atoms with Crippen molar-refractivity contribution in [1.29, 1.82) is 0 Å². The van der Waals surface area contributed by atoms with Crippen LogP contribution < -0.4 is 15.2 Å². The van der Waals surface area contributed by atoms with Crippen LogP contribution in [0.3, 0.4) is 0 Å². The summed E-state index contributed by atoms with van der Waals surface area (Å²) in [7, 11) is -3.92. The van der Waals surface area contributed by atoms with E-state index in [1.165, 1.54) is 22.5 Å². The van der Waals surface area contributed by atoms with Crippen LogP contribution in [0, 0.1) is 0 Å². The molecule has 2 heterocycles. The van der Waals surface area contributed by atoms with Crippen LogP contribution in [0.4, 0.5) is 11.4 Å². The number of aromatic nitrogens is 2. The third kappa shape index (κ3) is 4.78. The summed E-state index contributed by atoms with van der Waals surface area (Å²) in [6.07, 6.45) is 0.548. The Kier molecular flexibility index (Phi) is 6.69. The smallest absolute Gasteiger partial charge is 0.264 e. The van der Waals surface area contributed by atoms with E-state index in [9.17, 15) is 18.0 Å². The molecular formula is C29H20BrClN4O4S. The number of para-hydroxylation sites is 1. The molecular weight excluding hydrogens is 616 g/mol. The molecule has 11 heteroatoms. The van der Waals surface area contributed by atoms with Gasteiger partial charge in [0.1, 0.15) is 5.82 Å². The molecule has 0 fully saturated rings. The summed E-state index contributed by atoms with van der Waals surface area (Å²) in [4.78, 5) is 33.4. The number of anilines is 2. The Morgan fingerprint density at radius 2 is 1.82 bits per heavy atom. The molecule has 200 valence electrons. The molecule has 1 aliphatic rings. The van der Waals surface area contributed by atoms with Crippen LogP contribution in [0.2, 0.25) is 5.02 Å². The number of nitrogens with one attached hydrogen (secondary N) is 2.